The predicted octanol–water partition coefficient (Wildman–Crippen LogP) is 4.70. The average Bonchev–Trinajstić information content (AvgIpc) is 2.62. The number of non-ortho nitro benzene ring substituents is 1. The van der Waals surface area contributed by atoms with Crippen molar-refractivity contribution in [3.05, 3.63) is 68.2 Å². The Kier molecular flexibility index (Phi) is 6.24. The van der Waals surface area contributed by atoms with E-state index in [4.69, 9.17) is 16.3 Å². The highest BCUT2D eigenvalue weighted by atomic mass is 35.5. The molecule has 28 heavy (non-hydrogen) atoms. The van der Waals surface area contributed by atoms with Gasteiger partial charge in [-0.3, -0.25) is 14.9 Å². The van der Waals surface area contributed by atoms with Crippen LogP contribution in [0.4, 0.5) is 24.5 Å². The number of carbonyl (C=O) groups is 2. The number of carbonyl (C=O) groups excluding carboxylic acids is 2. The minimum atomic E-state index is -4.74. The summed E-state index contributed by atoms with van der Waals surface area (Å²) in [5.41, 5.74) is -2.49. The van der Waals surface area contributed by atoms with E-state index in [1.807, 2.05) is 0 Å². The van der Waals surface area contributed by atoms with Gasteiger partial charge in [0.05, 0.1) is 27.7 Å². The molecule has 0 spiro atoms. The van der Waals surface area contributed by atoms with Crippen molar-refractivity contribution in [1.29, 1.82) is 0 Å². The van der Waals surface area contributed by atoms with Gasteiger partial charge in [-0.15, -0.1) is 0 Å². The number of nitrogens with zero attached hydrogens (tertiary/aromatic N) is 1. The van der Waals surface area contributed by atoms with Crippen molar-refractivity contribution >= 4 is 34.9 Å². The number of amides is 1. The highest BCUT2D eigenvalue weighted by Gasteiger charge is 2.33. The number of anilines is 1. The number of hydrogen-bond acceptors (Lipinski definition) is 5. The molecule has 0 radical (unpaired) electrons. The Morgan fingerprint density at radius 3 is 2.39 bits per heavy atom. The molecule has 7 nitrogen and oxygen atoms in total. The second kappa shape index (κ2) is 8.26. The van der Waals surface area contributed by atoms with Crippen LogP contribution in [0, 0.1) is 10.1 Å². The Labute approximate surface area is 161 Å². The number of alkyl halides is 3. The quantitative estimate of drug-likeness (QED) is 0.433. The van der Waals surface area contributed by atoms with Gasteiger partial charge in [0, 0.05) is 23.4 Å². The molecule has 1 N–H and O–H groups in total. The Morgan fingerprint density at radius 1 is 1.18 bits per heavy atom. The standard InChI is InChI=1S/C17H12ClF3N2O5/c1-2-28-16(25)10-5-9(6-12(7-10)23(26)27)15(24)22-11-3-4-14(18)13(8-11)17(19,20)21/h3-8H,2H2,1H3,(H,22,24). The largest absolute Gasteiger partial charge is 0.462 e. The molecule has 148 valence electrons. The van der Waals surface area contributed by atoms with E-state index in [9.17, 15) is 32.9 Å². The molecule has 1 amide bonds. The molecule has 2 aromatic carbocycles. The first kappa shape index (κ1) is 21.2. The van der Waals surface area contributed by atoms with Gasteiger partial charge in [-0.25, -0.2) is 4.79 Å². The molecule has 0 aliphatic carbocycles. The molecule has 2 aromatic rings. The Bertz CT molecular complexity index is 947. The molecule has 0 saturated carbocycles. The number of nitrogens with one attached hydrogen (secondary N) is 1. The summed E-state index contributed by atoms with van der Waals surface area (Å²) >= 11 is 5.52. The number of nitro benzene ring substituents is 1. The van der Waals surface area contributed by atoms with Crippen LogP contribution in [-0.2, 0) is 10.9 Å². The summed E-state index contributed by atoms with van der Waals surface area (Å²) in [5, 5.41) is 12.7. The molecule has 0 bridgehead atoms. The minimum absolute atomic E-state index is 0.00799. The summed E-state index contributed by atoms with van der Waals surface area (Å²) in [6, 6.07) is 5.58. The van der Waals surface area contributed by atoms with E-state index in [0.717, 1.165) is 30.3 Å². The van der Waals surface area contributed by atoms with Crippen molar-refractivity contribution in [2.24, 2.45) is 0 Å². The van der Waals surface area contributed by atoms with Gasteiger partial charge in [-0.05, 0) is 31.2 Å². The fourth-order valence-electron chi connectivity index (χ4n) is 2.20. The number of benzene rings is 2. The summed E-state index contributed by atoms with van der Waals surface area (Å²) in [5.74, 6) is -1.84. The number of nitro groups is 1. The minimum Gasteiger partial charge on any atom is -0.462 e. The number of esters is 1. The van der Waals surface area contributed by atoms with E-state index >= 15 is 0 Å². The maximum Gasteiger partial charge on any atom is 0.417 e. The van der Waals surface area contributed by atoms with Crippen molar-refractivity contribution in [2.75, 3.05) is 11.9 Å². The van der Waals surface area contributed by atoms with Gasteiger partial charge in [0.2, 0.25) is 0 Å². The topological polar surface area (TPSA) is 98.5 Å². The lowest BCUT2D eigenvalue weighted by Gasteiger charge is -2.12. The molecule has 0 heterocycles. The molecule has 0 saturated heterocycles. The van der Waals surface area contributed by atoms with Crippen LogP contribution in [-0.4, -0.2) is 23.4 Å². The Balaban J connectivity index is 2.39. The third-order valence-corrected chi connectivity index (χ3v) is 3.76. The van der Waals surface area contributed by atoms with Crippen molar-refractivity contribution in [3.8, 4) is 0 Å². The van der Waals surface area contributed by atoms with E-state index in [1.165, 1.54) is 6.92 Å². The van der Waals surface area contributed by atoms with E-state index in [-0.39, 0.29) is 23.4 Å². The zero-order valence-corrected chi connectivity index (χ0v) is 14.9. The van der Waals surface area contributed by atoms with Crippen LogP contribution in [0.1, 0.15) is 33.2 Å². The smallest absolute Gasteiger partial charge is 0.417 e. The van der Waals surface area contributed by atoms with Crippen molar-refractivity contribution in [1.82, 2.24) is 0 Å². The van der Waals surface area contributed by atoms with Crippen molar-refractivity contribution < 1.29 is 32.4 Å². The first-order chi connectivity index (χ1) is 13.0. The van der Waals surface area contributed by atoms with Crippen LogP contribution in [0.3, 0.4) is 0 Å². The maximum atomic E-state index is 12.9. The fourth-order valence-corrected chi connectivity index (χ4v) is 2.43. The van der Waals surface area contributed by atoms with E-state index in [1.54, 1.807) is 0 Å². The predicted molar refractivity (Wildman–Crippen MR) is 93.5 cm³/mol. The molecule has 0 unspecified atom stereocenters. The number of rotatable bonds is 5. The average molecular weight is 417 g/mol. The number of hydrogen-bond donors (Lipinski definition) is 1. The Morgan fingerprint density at radius 2 is 1.82 bits per heavy atom. The van der Waals surface area contributed by atoms with Crippen molar-refractivity contribution in [3.63, 3.8) is 0 Å². The zero-order chi connectivity index (χ0) is 21.1. The van der Waals surface area contributed by atoms with Gasteiger partial charge in [-0.1, -0.05) is 11.6 Å². The van der Waals surface area contributed by atoms with Gasteiger partial charge in [0.25, 0.3) is 11.6 Å². The summed E-state index contributed by atoms with van der Waals surface area (Å²) in [6.07, 6.45) is -4.74. The summed E-state index contributed by atoms with van der Waals surface area (Å²) in [6.45, 7) is 1.54. The zero-order valence-electron chi connectivity index (χ0n) is 14.2. The van der Waals surface area contributed by atoms with Gasteiger partial charge < -0.3 is 10.1 Å². The van der Waals surface area contributed by atoms with E-state index in [0.29, 0.717) is 6.07 Å². The molecule has 0 aliphatic heterocycles. The van der Waals surface area contributed by atoms with Crippen LogP contribution in [0.5, 0.6) is 0 Å². The monoisotopic (exact) mass is 416 g/mol. The van der Waals surface area contributed by atoms with Gasteiger partial charge in [-0.2, -0.15) is 13.2 Å². The van der Waals surface area contributed by atoms with Crippen LogP contribution in [0.15, 0.2) is 36.4 Å². The van der Waals surface area contributed by atoms with Gasteiger partial charge in [0.15, 0.2) is 0 Å². The lowest BCUT2D eigenvalue weighted by Crippen LogP contribution is -2.15. The fraction of sp³-hybridized carbons (Fsp3) is 0.176. The maximum absolute atomic E-state index is 12.9. The summed E-state index contributed by atoms with van der Waals surface area (Å²) in [4.78, 5) is 34.4. The molecule has 0 atom stereocenters. The molecular formula is C17H12ClF3N2O5. The van der Waals surface area contributed by atoms with Gasteiger partial charge >= 0.3 is 12.1 Å². The van der Waals surface area contributed by atoms with Gasteiger partial charge in [0.1, 0.15) is 0 Å². The summed E-state index contributed by atoms with van der Waals surface area (Å²) in [7, 11) is 0. The first-order valence-electron chi connectivity index (χ1n) is 7.67. The van der Waals surface area contributed by atoms with Crippen LogP contribution in [0.2, 0.25) is 5.02 Å². The second-order valence-corrected chi connectivity index (χ2v) is 5.80. The lowest BCUT2D eigenvalue weighted by molar-refractivity contribution is -0.384. The second-order valence-electron chi connectivity index (χ2n) is 5.39. The molecule has 0 aromatic heterocycles. The van der Waals surface area contributed by atoms with Crippen LogP contribution in [0.25, 0.3) is 0 Å². The SMILES string of the molecule is CCOC(=O)c1cc(C(=O)Nc2ccc(Cl)c(C(F)(F)F)c2)cc([N+](=O)[O-])c1. The van der Waals surface area contributed by atoms with Crippen molar-refractivity contribution in [2.45, 2.75) is 13.1 Å². The van der Waals surface area contributed by atoms with Crippen LogP contribution >= 0.6 is 11.6 Å². The number of ether oxygens (including phenoxy) is 1. The van der Waals surface area contributed by atoms with E-state index in [2.05, 4.69) is 5.32 Å². The highest BCUT2D eigenvalue weighted by molar-refractivity contribution is 6.31. The molecule has 11 heteroatoms. The third-order valence-electron chi connectivity index (χ3n) is 3.43. The van der Waals surface area contributed by atoms with Crippen LogP contribution < -0.4 is 5.32 Å². The Hall–Kier alpha value is -3.14. The normalized spacial score (nSPS) is 11.0. The lowest BCUT2D eigenvalue weighted by atomic mass is 10.1. The molecule has 0 aliphatic rings. The first-order valence-corrected chi connectivity index (χ1v) is 8.05. The highest BCUT2D eigenvalue weighted by Crippen LogP contribution is 2.36. The number of halogens is 4. The van der Waals surface area contributed by atoms with E-state index < -0.39 is 39.2 Å². The molecular weight excluding hydrogens is 405 g/mol. The summed E-state index contributed by atoms with van der Waals surface area (Å²) < 4.78 is 43.5. The molecule has 2 rings (SSSR count). The third kappa shape index (κ3) is 4.97. The molecule has 0 fully saturated rings.